The number of nitrogens with two attached hydrogens (primary N) is 1. The lowest BCUT2D eigenvalue weighted by molar-refractivity contribution is -0.150. The molecule has 2 heterocycles. The Balaban J connectivity index is 1.19. The topological polar surface area (TPSA) is 192 Å². The van der Waals surface area contributed by atoms with Gasteiger partial charge in [-0.1, -0.05) is 102 Å². The molecule has 0 spiro atoms. The second-order valence-corrected chi connectivity index (χ2v) is 21.3. The number of H-pyrrole nitrogens is 1. The van der Waals surface area contributed by atoms with Crippen molar-refractivity contribution >= 4 is 5.97 Å². The van der Waals surface area contributed by atoms with Crippen LogP contribution in [0.2, 0.25) is 0 Å². The molecule has 366 valence electrons. The highest BCUT2D eigenvalue weighted by atomic mass is 16.4. The van der Waals surface area contributed by atoms with Gasteiger partial charge in [0, 0.05) is 53.4 Å². The first-order valence-electron chi connectivity index (χ1n) is 25.9. The van der Waals surface area contributed by atoms with Gasteiger partial charge in [0.05, 0.1) is 29.5 Å². The molecule has 0 unspecified atom stereocenters. The second-order valence-electron chi connectivity index (χ2n) is 21.3. The number of benzene rings is 2. The molecule has 10 N–H and O–H groups in total. The van der Waals surface area contributed by atoms with Gasteiger partial charge in [-0.25, -0.2) is 0 Å². The van der Waals surface area contributed by atoms with Crippen LogP contribution in [0.5, 0.6) is 11.5 Å². The molecule has 0 saturated heterocycles. The fourth-order valence-electron chi connectivity index (χ4n) is 12.6. The fourth-order valence-corrected chi connectivity index (χ4v) is 12.6. The molecule has 0 amide bonds. The maximum Gasteiger partial charge on any atom is 0.309 e. The minimum absolute atomic E-state index is 0.0245. The number of aryl methyl sites for hydroxylation is 1. The Labute approximate surface area is 399 Å². The highest BCUT2D eigenvalue weighted by molar-refractivity contribution is 5.73. The van der Waals surface area contributed by atoms with E-state index >= 15 is 0 Å². The van der Waals surface area contributed by atoms with Crippen molar-refractivity contribution in [1.29, 1.82) is 0 Å². The van der Waals surface area contributed by atoms with E-state index in [1.807, 2.05) is 6.08 Å². The van der Waals surface area contributed by atoms with Gasteiger partial charge < -0.3 is 46.7 Å². The number of aliphatic hydroxyl groups is 3. The van der Waals surface area contributed by atoms with Crippen LogP contribution in [0, 0.1) is 35.5 Å². The number of carbonyl (C=O) groups is 1. The van der Waals surface area contributed by atoms with Crippen molar-refractivity contribution < 1.29 is 35.4 Å². The van der Waals surface area contributed by atoms with Crippen LogP contribution in [0.25, 0.3) is 11.3 Å². The predicted octanol–water partition coefficient (Wildman–Crippen LogP) is 10.9. The highest BCUT2D eigenvalue weighted by Gasteiger charge is 2.51. The summed E-state index contributed by atoms with van der Waals surface area (Å²) in [4.78, 5) is 17.0. The Bertz CT molecular complexity index is 2210. The van der Waals surface area contributed by atoms with Crippen LogP contribution < -0.4 is 11.1 Å². The van der Waals surface area contributed by atoms with E-state index in [1.165, 1.54) is 30.9 Å². The van der Waals surface area contributed by atoms with Crippen LogP contribution in [0.15, 0.2) is 78.2 Å². The molecule has 10 heteroatoms. The van der Waals surface area contributed by atoms with Crippen molar-refractivity contribution in [3.8, 4) is 22.8 Å². The van der Waals surface area contributed by atoms with Gasteiger partial charge in [0.1, 0.15) is 11.5 Å². The average Bonchev–Trinajstić information content (AvgIpc) is 3.86. The van der Waals surface area contributed by atoms with Crippen LogP contribution in [0.1, 0.15) is 170 Å². The monoisotopic (exact) mass is 920 g/mol. The van der Waals surface area contributed by atoms with Gasteiger partial charge >= 0.3 is 5.97 Å². The van der Waals surface area contributed by atoms with Gasteiger partial charge in [0.2, 0.25) is 0 Å². The molecule has 10 atom stereocenters. The molecule has 1 aromatic heterocycles. The minimum Gasteiger partial charge on any atom is -0.508 e. The van der Waals surface area contributed by atoms with Crippen LogP contribution in [0.4, 0.5) is 0 Å². The highest BCUT2D eigenvalue weighted by Crippen LogP contribution is 2.54. The number of phenolic OH excluding ortho intramolecular Hbond substituents is 2. The number of hydrogen-bond donors (Lipinski definition) is 9. The number of dihydropyridines is 1. The summed E-state index contributed by atoms with van der Waals surface area (Å²) in [7, 11) is 0. The van der Waals surface area contributed by atoms with Gasteiger partial charge in [0.15, 0.2) is 0 Å². The summed E-state index contributed by atoms with van der Waals surface area (Å²) in [5.74, 6) is -0.851. The first-order chi connectivity index (χ1) is 32.2. The molecule has 4 aliphatic rings. The molecule has 0 radical (unpaired) electrons. The van der Waals surface area contributed by atoms with Crippen molar-refractivity contribution in [2.75, 3.05) is 6.54 Å². The summed E-state index contributed by atoms with van der Waals surface area (Å²) in [6, 6.07) is 13.8. The smallest absolute Gasteiger partial charge is 0.309 e. The van der Waals surface area contributed by atoms with E-state index in [0.717, 1.165) is 78.6 Å². The third-order valence-electron chi connectivity index (χ3n) is 16.3. The molecule has 2 aromatic carbocycles. The zero-order valence-electron chi connectivity index (χ0n) is 40.7. The van der Waals surface area contributed by atoms with E-state index in [4.69, 9.17) is 5.73 Å². The number of aromatic hydroxyl groups is 2. The third kappa shape index (κ3) is 12.4. The number of carboxylic acid groups (broad SMARTS) is 1. The van der Waals surface area contributed by atoms with Gasteiger partial charge in [0.25, 0.3) is 0 Å². The predicted molar refractivity (Wildman–Crippen MR) is 268 cm³/mol. The van der Waals surface area contributed by atoms with E-state index in [1.54, 1.807) is 6.07 Å². The number of aliphatic hydroxyl groups excluding tert-OH is 2. The summed E-state index contributed by atoms with van der Waals surface area (Å²) in [5, 5.41) is 72.2. The summed E-state index contributed by atoms with van der Waals surface area (Å²) in [6.45, 7) is 9.31. The number of unbranched alkanes of at least 4 members (excludes halogenated alkanes) is 3. The lowest BCUT2D eigenvalue weighted by atomic mass is 9.69. The first kappa shape index (κ1) is 50.4. The number of hydrogen-bond acceptors (Lipinski definition) is 8. The number of aromatic amines is 1. The van der Waals surface area contributed by atoms with Crippen LogP contribution in [-0.2, 0) is 17.6 Å². The number of allylic oxidation sites excluding steroid dienone is 3. The first-order valence-corrected chi connectivity index (χ1v) is 25.9. The molecule has 67 heavy (non-hydrogen) atoms. The van der Waals surface area contributed by atoms with Crippen molar-refractivity contribution in [2.24, 2.45) is 41.2 Å². The van der Waals surface area contributed by atoms with Crippen LogP contribution >= 0.6 is 0 Å². The average molecular weight is 920 g/mol. The molecular formula is C57H81N3O7. The molecule has 0 bridgehead atoms. The van der Waals surface area contributed by atoms with Gasteiger partial charge in [-0.3, -0.25) is 4.79 Å². The summed E-state index contributed by atoms with van der Waals surface area (Å²) in [5.41, 5.74) is 12.8. The molecule has 10 nitrogen and oxygen atoms in total. The normalized spacial score (nSPS) is 29.0. The van der Waals surface area contributed by atoms with Crippen molar-refractivity contribution in [1.82, 2.24) is 10.3 Å². The molecule has 2 saturated carbocycles. The largest absolute Gasteiger partial charge is 0.508 e. The summed E-state index contributed by atoms with van der Waals surface area (Å²) >= 11 is 0. The van der Waals surface area contributed by atoms with Crippen molar-refractivity contribution in [2.45, 2.75) is 173 Å². The number of carboxylic acids is 1. The number of aromatic nitrogens is 1. The Morgan fingerprint density at radius 2 is 1.67 bits per heavy atom. The SMILES string of the molecule is CCCCC[C@@H]1C=C[C@@H](CCCC[C@H]2CC[C@@H](c3cc(CC)c(-c4cc(O)cc(O)c4Cc4ccc(C(C)C)cc4)[nH]3)[C@@H]3C[C@H](CC4=CCNC(N)=C4)C[C@@]3(O)CC[C@H](O)[C@H]2C(=O)O)[C@H](O)C1. The number of phenols is 2. The Kier molecular flexibility index (Phi) is 17.1. The van der Waals surface area contributed by atoms with Gasteiger partial charge in [-0.2, -0.15) is 0 Å². The van der Waals surface area contributed by atoms with Crippen molar-refractivity contribution in [3.63, 3.8) is 0 Å². The molecular weight excluding hydrogens is 839 g/mol. The maximum absolute atomic E-state index is 13.2. The van der Waals surface area contributed by atoms with Crippen LogP contribution in [0.3, 0.4) is 0 Å². The standard InChI is InChI=1S/C57H81N3O7/c1-5-7-8-11-36-16-19-42(51(63)29-36)12-9-10-13-43-20-21-45(48-28-39(26-38-23-25-59-53(58)30-38)34-57(48,67)24-22-50(62)54(43)56(65)66)49-31-40(6-2)55(60-49)47-32-44(61)33-52(64)46(47)27-37-14-17-41(18-15-37)35(3)4/h14-19,23,30-33,35-36,39,42-43,45,48,50-51,54,59-64,67H,5-13,20-22,24-29,34,58H2,1-4H3,(H,65,66)/t36-,39+,42-,43+,45-,48+,50+,51-,54+,57+/m1/s1. The molecule has 3 aliphatic carbocycles. The van der Waals surface area contributed by atoms with Gasteiger partial charge in [-0.05, 0) is 147 Å². The summed E-state index contributed by atoms with van der Waals surface area (Å²) in [6.07, 6.45) is 20.8. The Morgan fingerprint density at radius 1 is 0.910 bits per heavy atom. The second kappa shape index (κ2) is 22.7. The molecule has 1 aliphatic heterocycles. The number of nitrogens with one attached hydrogen (secondary N) is 2. The quantitative estimate of drug-likeness (QED) is 0.0441. The Hall–Kier alpha value is -4.51. The van der Waals surface area contributed by atoms with E-state index in [2.05, 4.69) is 86.6 Å². The van der Waals surface area contributed by atoms with E-state index in [0.29, 0.717) is 74.7 Å². The molecule has 3 aromatic rings. The molecule has 7 rings (SSSR count). The van der Waals surface area contributed by atoms with E-state index < -0.39 is 23.6 Å². The van der Waals surface area contributed by atoms with Crippen LogP contribution in [-0.4, -0.2) is 65.9 Å². The van der Waals surface area contributed by atoms with E-state index in [9.17, 15) is 35.4 Å². The number of fused-ring (bicyclic) bond motifs is 1. The zero-order chi connectivity index (χ0) is 47.8. The third-order valence-corrected chi connectivity index (χ3v) is 16.3. The summed E-state index contributed by atoms with van der Waals surface area (Å²) < 4.78 is 0. The minimum atomic E-state index is -1.15. The number of rotatable bonds is 18. The Morgan fingerprint density at radius 3 is 2.37 bits per heavy atom. The fraction of sp³-hybridized carbons (Fsp3) is 0.596. The zero-order valence-corrected chi connectivity index (χ0v) is 40.7. The maximum atomic E-state index is 13.2. The lowest BCUT2D eigenvalue weighted by Gasteiger charge is -2.40. The lowest BCUT2D eigenvalue weighted by Crippen LogP contribution is -2.42. The van der Waals surface area contributed by atoms with E-state index in [-0.39, 0.29) is 53.6 Å². The number of aliphatic carboxylic acids is 1. The molecule has 2 fully saturated rings. The van der Waals surface area contributed by atoms with Crippen molar-refractivity contribution in [3.05, 3.63) is 106 Å². The van der Waals surface area contributed by atoms with Gasteiger partial charge in [-0.15, -0.1) is 0 Å².